The van der Waals surface area contributed by atoms with Gasteiger partial charge in [0, 0.05) is 11.6 Å². The average molecular weight is 322 g/mol. The SMILES string of the molecule is CCOc1cc([C@@H](C)NCCCCC(C)C)cc(OCC)c1C. The molecule has 0 aliphatic carbocycles. The Morgan fingerprint density at radius 1 is 0.957 bits per heavy atom. The number of rotatable bonds is 11. The molecule has 0 aromatic heterocycles. The molecule has 3 heteroatoms. The van der Waals surface area contributed by atoms with E-state index in [4.69, 9.17) is 9.47 Å². The van der Waals surface area contributed by atoms with Crippen LogP contribution in [0.25, 0.3) is 0 Å². The molecule has 0 aliphatic heterocycles. The Labute approximate surface area is 142 Å². The van der Waals surface area contributed by atoms with Crippen molar-refractivity contribution in [2.75, 3.05) is 19.8 Å². The van der Waals surface area contributed by atoms with Crippen LogP contribution in [0.4, 0.5) is 0 Å². The first-order chi connectivity index (χ1) is 11.0. The minimum atomic E-state index is 0.299. The van der Waals surface area contributed by atoms with E-state index in [1.165, 1.54) is 24.8 Å². The van der Waals surface area contributed by atoms with Crippen molar-refractivity contribution in [2.45, 2.75) is 66.8 Å². The van der Waals surface area contributed by atoms with Gasteiger partial charge in [-0.15, -0.1) is 0 Å². The topological polar surface area (TPSA) is 30.5 Å². The summed E-state index contributed by atoms with van der Waals surface area (Å²) in [4.78, 5) is 0. The van der Waals surface area contributed by atoms with E-state index in [1.54, 1.807) is 0 Å². The minimum Gasteiger partial charge on any atom is -0.493 e. The average Bonchev–Trinajstić information content (AvgIpc) is 2.50. The third kappa shape index (κ3) is 6.82. The maximum atomic E-state index is 5.78. The van der Waals surface area contributed by atoms with Crippen LogP contribution >= 0.6 is 0 Å². The molecule has 1 rings (SSSR count). The Morgan fingerprint density at radius 2 is 1.52 bits per heavy atom. The fourth-order valence-corrected chi connectivity index (χ4v) is 2.66. The van der Waals surface area contributed by atoms with Crippen LogP contribution in [0.3, 0.4) is 0 Å². The molecule has 0 saturated heterocycles. The van der Waals surface area contributed by atoms with Crippen molar-refractivity contribution in [2.24, 2.45) is 5.92 Å². The van der Waals surface area contributed by atoms with E-state index in [9.17, 15) is 0 Å². The number of unbranched alkanes of at least 4 members (excludes halogenated alkanes) is 1. The van der Waals surface area contributed by atoms with Gasteiger partial charge in [-0.25, -0.2) is 0 Å². The monoisotopic (exact) mass is 321 g/mol. The van der Waals surface area contributed by atoms with Crippen LogP contribution in [0.1, 0.15) is 71.0 Å². The number of hydrogen-bond donors (Lipinski definition) is 1. The molecule has 0 radical (unpaired) electrons. The number of ether oxygens (including phenoxy) is 2. The summed E-state index contributed by atoms with van der Waals surface area (Å²) in [5.41, 5.74) is 2.31. The van der Waals surface area contributed by atoms with Crippen LogP contribution in [0.5, 0.6) is 11.5 Å². The van der Waals surface area contributed by atoms with Crippen LogP contribution < -0.4 is 14.8 Å². The molecule has 0 bridgehead atoms. The van der Waals surface area contributed by atoms with Gasteiger partial charge in [-0.2, -0.15) is 0 Å². The fraction of sp³-hybridized carbons (Fsp3) is 0.700. The maximum absolute atomic E-state index is 5.78. The summed E-state index contributed by atoms with van der Waals surface area (Å²) in [6.07, 6.45) is 3.83. The molecule has 1 N–H and O–H groups in total. The summed E-state index contributed by atoms with van der Waals surface area (Å²) in [5, 5.41) is 3.62. The number of benzene rings is 1. The van der Waals surface area contributed by atoms with Gasteiger partial charge in [0.15, 0.2) is 0 Å². The van der Waals surface area contributed by atoms with E-state index in [1.807, 2.05) is 13.8 Å². The van der Waals surface area contributed by atoms with Gasteiger partial charge in [0.05, 0.1) is 13.2 Å². The summed E-state index contributed by atoms with van der Waals surface area (Å²) in [7, 11) is 0. The van der Waals surface area contributed by atoms with Gasteiger partial charge >= 0.3 is 0 Å². The second-order valence-corrected chi connectivity index (χ2v) is 6.57. The first-order valence-electron chi connectivity index (χ1n) is 9.13. The smallest absolute Gasteiger partial charge is 0.126 e. The van der Waals surface area contributed by atoms with Gasteiger partial charge in [0.2, 0.25) is 0 Å². The van der Waals surface area contributed by atoms with Gasteiger partial charge in [-0.05, 0) is 64.3 Å². The van der Waals surface area contributed by atoms with Gasteiger partial charge in [-0.1, -0.05) is 26.7 Å². The number of nitrogens with one attached hydrogen (secondary N) is 1. The van der Waals surface area contributed by atoms with Crippen LogP contribution in [0, 0.1) is 12.8 Å². The minimum absolute atomic E-state index is 0.299. The Morgan fingerprint density at radius 3 is 2.00 bits per heavy atom. The lowest BCUT2D eigenvalue weighted by Crippen LogP contribution is -2.20. The molecule has 0 heterocycles. The first-order valence-corrected chi connectivity index (χ1v) is 9.13. The van der Waals surface area contributed by atoms with Gasteiger partial charge in [0.1, 0.15) is 11.5 Å². The molecular formula is C20H35NO2. The first kappa shape index (κ1) is 19.8. The molecule has 0 spiro atoms. The Bertz CT molecular complexity index is 430. The standard InChI is InChI=1S/C20H35NO2/c1-7-22-19-13-18(14-20(16(19)5)23-8-2)17(6)21-12-10-9-11-15(3)4/h13-15,17,21H,7-12H2,1-6H3/t17-/m1/s1. The molecule has 0 unspecified atom stereocenters. The van der Waals surface area contributed by atoms with Crippen molar-refractivity contribution in [3.63, 3.8) is 0 Å². The lowest BCUT2D eigenvalue weighted by atomic mass is 10.0. The quantitative estimate of drug-likeness (QED) is 0.563. The van der Waals surface area contributed by atoms with Crippen molar-refractivity contribution in [3.8, 4) is 11.5 Å². The second kappa shape index (κ2) is 10.5. The number of hydrogen-bond acceptors (Lipinski definition) is 3. The fourth-order valence-electron chi connectivity index (χ4n) is 2.66. The zero-order chi connectivity index (χ0) is 17.2. The normalized spacial score (nSPS) is 12.5. The van der Waals surface area contributed by atoms with E-state index >= 15 is 0 Å². The lowest BCUT2D eigenvalue weighted by molar-refractivity contribution is 0.317. The Kier molecular flexibility index (Phi) is 9.08. The highest BCUT2D eigenvalue weighted by Gasteiger charge is 2.13. The van der Waals surface area contributed by atoms with Crippen molar-refractivity contribution in [1.82, 2.24) is 5.32 Å². The van der Waals surface area contributed by atoms with Gasteiger partial charge in [0.25, 0.3) is 0 Å². The molecule has 0 fully saturated rings. The molecule has 0 amide bonds. The van der Waals surface area contributed by atoms with Crippen LogP contribution in [-0.4, -0.2) is 19.8 Å². The molecule has 23 heavy (non-hydrogen) atoms. The predicted molar refractivity (Wildman–Crippen MR) is 98.6 cm³/mol. The Balaban J connectivity index is 2.69. The summed E-state index contributed by atoms with van der Waals surface area (Å²) < 4.78 is 11.6. The third-order valence-corrected chi connectivity index (χ3v) is 4.09. The molecule has 0 aliphatic rings. The van der Waals surface area contributed by atoms with Gasteiger partial charge < -0.3 is 14.8 Å². The second-order valence-electron chi connectivity index (χ2n) is 6.57. The summed E-state index contributed by atoms with van der Waals surface area (Å²) in [6, 6.07) is 4.59. The maximum Gasteiger partial charge on any atom is 0.126 e. The van der Waals surface area contributed by atoms with Gasteiger partial charge in [-0.3, -0.25) is 0 Å². The molecular weight excluding hydrogens is 286 g/mol. The van der Waals surface area contributed by atoms with E-state index in [2.05, 4.69) is 45.1 Å². The third-order valence-electron chi connectivity index (χ3n) is 4.09. The zero-order valence-corrected chi connectivity index (χ0v) is 15.9. The largest absolute Gasteiger partial charge is 0.493 e. The summed E-state index contributed by atoms with van der Waals surface area (Å²) in [5.74, 6) is 2.66. The molecule has 1 aromatic rings. The lowest BCUT2D eigenvalue weighted by Gasteiger charge is -2.19. The zero-order valence-electron chi connectivity index (χ0n) is 15.9. The van der Waals surface area contributed by atoms with E-state index in [0.29, 0.717) is 19.3 Å². The van der Waals surface area contributed by atoms with Crippen molar-refractivity contribution in [1.29, 1.82) is 0 Å². The van der Waals surface area contributed by atoms with Crippen molar-refractivity contribution < 1.29 is 9.47 Å². The van der Waals surface area contributed by atoms with E-state index < -0.39 is 0 Å². The van der Waals surface area contributed by atoms with E-state index in [-0.39, 0.29) is 0 Å². The Hall–Kier alpha value is -1.22. The molecule has 1 atom stereocenters. The van der Waals surface area contributed by atoms with E-state index in [0.717, 1.165) is 29.5 Å². The predicted octanol–water partition coefficient (Wildman–Crippen LogP) is 5.27. The highest BCUT2D eigenvalue weighted by atomic mass is 16.5. The highest BCUT2D eigenvalue weighted by molar-refractivity contribution is 5.48. The molecule has 0 saturated carbocycles. The van der Waals surface area contributed by atoms with Crippen LogP contribution in [0.15, 0.2) is 12.1 Å². The molecule has 3 nitrogen and oxygen atoms in total. The van der Waals surface area contributed by atoms with Crippen LogP contribution in [0.2, 0.25) is 0 Å². The van der Waals surface area contributed by atoms with Crippen LogP contribution in [-0.2, 0) is 0 Å². The van der Waals surface area contributed by atoms with Crippen molar-refractivity contribution in [3.05, 3.63) is 23.3 Å². The summed E-state index contributed by atoms with van der Waals surface area (Å²) >= 11 is 0. The molecule has 132 valence electrons. The highest BCUT2D eigenvalue weighted by Crippen LogP contribution is 2.32. The van der Waals surface area contributed by atoms with Crippen molar-refractivity contribution >= 4 is 0 Å². The summed E-state index contributed by atoms with van der Waals surface area (Å²) in [6.45, 7) is 15.3. The molecule has 1 aromatic carbocycles.